The normalized spacial score (nSPS) is 19.5. The number of carboxylic acid groups (broad SMARTS) is 1. The predicted molar refractivity (Wildman–Crippen MR) is 75.0 cm³/mol. The predicted octanol–water partition coefficient (Wildman–Crippen LogP) is -0.230. The fourth-order valence-electron chi connectivity index (χ4n) is 2.06. The third-order valence-electron chi connectivity index (χ3n) is 3.12. The van der Waals surface area contributed by atoms with E-state index < -0.39 is 38.5 Å². The maximum Gasteiger partial charge on any atom is 0.337 e. The van der Waals surface area contributed by atoms with E-state index >= 15 is 0 Å². The molecule has 1 atom stereocenters. The summed E-state index contributed by atoms with van der Waals surface area (Å²) in [6, 6.07) is 2.63. The number of halogens is 1. The van der Waals surface area contributed by atoms with Crippen LogP contribution < -0.4 is 4.41 Å². The maximum absolute atomic E-state index is 13.4. The Morgan fingerprint density at radius 1 is 1.36 bits per heavy atom. The molecular weight excluding hydrogens is 339 g/mol. The van der Waals surface area contributed by atoms with Gasteiger partial charge in [-0.1, -0.05) is 0 Å². The summed E-state index contributed by atoms with van der Waals surface area (Å²) in [5, 5.41) is 10.3. The molecule has 0 amide bonds. The molecule has 1 aromatic rings. The minimum absolute atomic E-state index is 0.133. The van der Waals surface area contributed by atoms with Crippen molar-refractivity contribution in [2.45, 2.75) is 0 Å². The Balaban J connectivity index is 2.43. The Morgan fingerprint density at radius 2 is 1.95 bits per heavy atom. The summed E-state index contributed by atoms with van der Waals surface area (Å²) in [6.45, 7) is -0.266. The number of carboxylic acids is 1. The van der Waals surface area contributed by atoms with Crippen molar-refractivity contribution >= 4 is 32.8 Å². The second-order valence-corrected chi connectivity index (χ2v) is 7.65. The van der Waals surface area contributed by atoms with Crippen molar-refractivity contribution in [3.05, 3.63) is 29.6 Å². The highest BCUT2D eigenvalue weighted by Gasteiger charge is 2.29. The van der Waals surface area contributed by atoms with Crippen molar-refractivity contribution in [3.8, 4) is 0 Å². The van der Waals surface area contributed by atoms with Crippen molar-refractivity contribution in [2.75, 3.05) is 29.0 Å². The van der Waals surface area contributed by atoms with Gasteiger partial charge in [-0.05, 0) is 12.1 Å². The SMILES string of the molecule is O=C(O)c1ccc(F)cc1N(N1CCS(=O)(=O)CC1)S(=O)[O-]. The maximum atomic E-state index is 13.4. The molecule has 1 aromatic carbocycles. The highest BCUT2D eigenvalue weighted by Crippen LogP contribution is 2.26. The largest absolute Gasteiger partial charge is 0.754 e. The van der Waals surface area contributed by atoms with E-state index in [1.165, 1.54) is 0 Å². The zero-order valence-electron chi connectivity index (χ0n) is 11.1. The lowest BCUT2D eigenvalue weighted by Crippen LogP contribution is -2.51. The molecule has 22 heavy (non-hydrogen) atoms. The molecule has 1 N–H and O–H groups in total. The van der Waals surface area contributed by atoms with Gasteiger partial charge in [0.1, 0.15) is 5.82 Å². The quantitative estimate of drug-likeness (QED) is 0.744. The average Bonchev–Trinajstić information content (AvgIpc) is 2.40. The minimum Gasteiger partial charge on any atom is -0.754 e. The van der Waals surface area contributed by atoms with Gasteiger partial charge in [0.15, 0.2) is 9.84 Å². The molecule has 0 saturated carbocycles. The molecule has 11 heteroatoms. The number of hydrazine groups is 1. The van der Waals surface area contributed by atoms with Gasteiger partial charge in [0.2, 0.25) is 0 Å². The number of benzene rings is 1. The summed E-state index contributed by atoms with van der Waals surface area (Å²) < 4.78 is 59.7. The van der Waals surface area contributed by atoms with E-state index in [2.05, 4.69) is 0 Å². The van der Waals surface area contributed by atoms with Gasteiger partial charge in [-0.3, -0.25) is 4.21 Å². The van der Waals surface area contributed by atoms with Crippen molar-refractivity contribution < 1.29 is 31.5 Å². The van der Waals surface area contributed by atoms with Crippen LogP contribution in [0.3, 0.4) is 0 Å². The molecule has 0 bridgehead atoms. The summed E-state index contributed by atoms with van der Waals surface area (Å²) in [7, 11) is -3.25. The topological polar surface area (TPSA) is 118 Å². The van der Waals surface area contributed by atoms with Gasteiger partial charge in [-0.15, -0.1) is 0 Å². The van der Waals surface area contributed by atoms with Crippen LogP contribution in [0.1, 0.15) is 10.4 Å². The highest BCUT2D eigenvalue weighted by atomic mass is 32.2. The third kappa shape index (κ3) is 3.61. The van der Waals surface area contributed by atoms with Gasteiger partial charge in [-0.25, -0.2) is 27.0 Å². The summed E-state index contributed by atoms with van der Waals surface area (Å²) in [5.41, 5.74) is -0.779. The molecule has 1 saturated heterocycles. The van der Waals surface area contributed by atoms with Gasteiger partial charge in [-0.2, -0.15) is 0 Å². The van der Waals surface area contributed by atoms with Crippen LogP contribution in [-0.2, 0) is 21.1 Å². The van der Waals surface area contributed by atoms with Crippen LogP contribution in [0.15, 0.2) is 18.2 Å². The van der Waals surface area contributed by atoms with Gasteiger partial charge >= 0.3 is 5.97 Å². The first-order chi connectivity index (χ1) is 10.2. The molecule has 0 aromatic heterocycles. The second kappa shape index (κ2) is 6.28. The lowest BCUT2D eigenvalue weighted by Gasteiger charge is -2.39. The summed E-state index contributed by atoms with van der Waals surface area (Å²) in [4.78, 5) is 11.2. The standard InChI is InChI=1S/C11H13FN2O6S2/c12-8-1-2-9(11(15)16)10(7-8)14(21(17)18)13-3-5-22(19,20)6-4-13/h1-2,7H,3-6H2,(H,15,16)(H,17,18)/p-1. The van der Waals surface area contributed by atoms with Crippen LogP contribution in [-0.4, -0.2) is 57.9 Å². The number of rotatable bonds is 4. The van der Waals surface area contributed by atoms with Gasteiger partial charge in [0.25, 0.3) is 0 Å². The Labute approximate surface area is 128 Å². The molecule has 2 rings (SSSR count). The first-order valence-corrected chi connectivity index (χ1v) is 8.94. The molecule has 1 aliphatic heterocycles. The van der Waals surface area contributed by atoms with Crippen molar-refractivity contribution in [1.82, 2.24) is 5.01 Å². The summed E-state index contributed by atoms with van der Waals surface area (Å²) >= 11 is -2.93. The number of nitrogens with zero attached hydrogens (tertiary/aromatic N) is 2. The Morgan fingerprint density at radius 3 is 2.45 bits per heavy atom. The van der Waals surface area contributed by atoms with E-state index in [0.717, 1.165) is 23.2 Å². The molecule has 8 nitrogen and oxygen atoms in total. The van der Waals surface area contributed by atoms with E-state index in [1.54, 1.807) is 0 Å². The smallest absolute Gasteiger partial charge is 0.337 e. The summed E-state index contributed by atoms with van der Waals surface area (Å²) in [6.07, 6.45) is 0. The molecule has 1 aliphatic rings. The molecule has 0 spiro atoms. The Hall–Kier alpha value is -1.56. The first-order valence-electron chi connectivity index (χ1n) is 6.09. The van der Waals surface area contributed by atoms with Crippen molar-refractivity contribution in [2.24, 2.45) is 0 Å². The first kappa shape index (κ1) is 16.8. The molecule has 0 aliphatic carbocycles. The van der Waals surface area contributed by atoms with E-state index in [9.17, 15) is 26.4 Å². The van der Waals surface area contributed by atoms with Crippen LogP contribution in [0.4, 0.5) is 10.1 Å². The summed E-state index contributed by atoms with van der Waals surface area (Å²) in [5.74, 6) is -2.76. The van der Waals surface area contributed by atoms with Crippen LogP contribution in [0.5, 0.6) is 0 Å². The highest BCUT2D eigenvalue weighted by molar-refractivity contribution is 7.91. The second-order valence-electron chi connectivity index (χ2n) is 4.56. The van der Waals surface area contributed by atoms with Gasteiger partial charge in [0.05, 0.1) is 34.0 Å². The third-order valence-corrected chi connectivity index (χ3v) is 5.43. The number of sulfone groups is 1. The molecule has 0 radical (unpaired) electrons. The fourth-order valence-corrected chi connectivity index (χ4v) is 3.90. The average molecular weight is 351 g/mol. The number of carbonyl (C=O) groups is 1. The lowest BCUT2D eigenvalue weighted by molar-refractivity contribution is 0.0697. The number of aromatic carboxylic acids is 1. The number of anilines is 1. The van der Waals surface area contributed by atoms with Crippen molar-refractivity contribution in [3.63, 3.8) is 0 Å². The van der Waals surface area contributed by atoms with Crippen LogP contribution >= 0.6 is 0 Å². The zero-order valence-corrected chi connectivity index (χ0v) is 12.8. The van der Waals surface area contributed by atoms with Gasteiger partial charge in [0, 0.05) is 19.2 Å². The van der Waals surface area contributed by atoms with Crippen LogP contribution in [0.2, 0.25) is 0 Å². The molecule has 1 unspecified atom stereocenters. The minimum atomic E-state index is -3.25. The molecule has 122 valence electrons. The molecular formula is C11H12FN2O6S2-. The Bertz CT molecular complexity index is 709. The van der Waals surface area contributed by atoms with E-state index in [-0.39, 0.29) is 30.3 Å². The van der Waals surface area contributed by atoms with E-state index in [1.807, 2.05) is 0 Å². The van der Waals surface area contributed by atoms with Gasteiger partial charge < -0.3 is 9.66 Å². The fraction of sp³-hybridized carbons (Fsp3) is 0.364. The number of hydrogen-bond donors (Lipinski definition) is 1. The molecule has 1 fully saturated rings. The monoisotopic (exact) mass is 351 g/mol. The van der Waals surface area contributed by atoms with E-state index in [0.29, 0.717) is 4.41 Å². The molecule has 1 heterocycles. The van der Waals surface area contributed by atoms with Crippen LogP contribution in [0.25, 0.3) is 0 Å². The van der Waals surface area contributed by atoms with E-state index in [4.69, 9.17) is 5.11 Å². The Kier molecular flexibility index (Phi) is 4.80. The van der Waals surface area contributed by atoms with Crippen LogP contribution in [0, 0.1) is 5.82 Å². The van der Waals surface area contributed by atoms with Crippen molar-refractivity contribution in [1.29, 1.82) is 0 Å². The zero-order chi connectivity index (χ0) is 16.5. The lowest BCUT2D eigenvalue weighted by atomic mass is 10.2. The number of hydrogen-bond acceptors (Lipinski definition) is 6.